The molecule has 13 heteroatoms. The molecule has 4 rings (SSSR count). The molecule has 0 radical (unpaired) electrons. The van der Waals surface area contributed by atoms with Crippen LogP contribution in [0.15, 0.2) is 18.2 Å². The Kier molecular flexibility index (Phi) is 5.32. The summed E-state index contributed by atoms with van der Waals surface area (Å²) < 4.78 is 16.0. The van der Waals surface area contributed by atoms with Crippen LogP contribution in [0.1, 0.15) is 32.4 Å². The van der Waals surface area contributed by atoms with E-state index in [0.717, 1.165) is 18.2 Å². The summed E-state index contributed by atoms with van der Waals surface area (Å²) >= 11 is 0. The van der Waals surface area contributed by atoms with Gasteiger partial charge < -0.3 is 55.1 Å². The quantitative estimate of drug-likeness (QED) is 0.211. The third kappa shape index (κ3) is 3.47. The number of aromatic hydroxyl groups is 6. The van der Waals surface area contributed by atoms with E-state index >= 15 is 0 Å². The summed E-state index contributed by atoms with van der Waals surface area (Å²) in [5, 5.41) is 78.8. The third-order valence-corrected chi connectivity index (χ3v) is 5.43. The van der Waals surface area contributed by atoms with Crippen molar-refractivity contribution in [1.29, 1.82) is 0 Å². The summed E-state index contributed by atoms with van der Waals surface area (Å²) in [6, 6.07) is 2.38. The Bertz CT molecular complexity index is 1120. The SMILES string of the molecule is O=C(O[C@H]1[C@H](O)[C@@H](CO)O[C@H]2c3c(cc(O)c(O)c3O)C(=O)O[C@@H]12)c1cc(O)c(O)c(O)c1. The third-order valence-electron chi connectivity index (χ3n) is 5.43. The van der Waals surface area contributed by atoms with Gasteiger partial charge in [0.25, 0.3) is 0 Å². The smallest absolute Gasteiger partial charge is 0.339 e. The van der Waals surface area contributed by atoms with Gasteiger partial charge >= 0.3 is 11.9 Å². The standard InChI is InChI=1S/C20H18O13/c21-4-10-14(27)17(32-19(29)5-1-7(22)12(25)8(23)2-5)18-16(31-10)11-6(20(30)33-18)3-9(24)13(26)15(11)28/h1-3,10,14,16-18,21-28H,4H2/t10-,14-,16+,17+,18-/m1/s1. The fourth-order valence-corrected chi connectivity index (χ4v) is 3.79. The van der Waals surface area contributed by atoms with Crippen LogP contribution in [0, 0.1) is 0 Å². The zero-order valence-electron chi connectivity index (χ0n) is 16.4. The van der Waals surface area contributed by atoms with E-state index in [1.807, 2.05) is 0 Å². The van der Waals surface area contributed by atoms with Gasteiger partial charge in [-0.05, 0) is 18.2 Å². The summed E-state index contributed by atoms with van der Waals surface area (Å²) in [5.41, 5.74) is -1.13. The molecule has 2 heterocycles. The molecule has 0 bridgehead atoms. The molecule has 2 aromatic carbocycles. The van der Waals surface area contributed by atoms with Crippen LogP contribution in [-0.2, 0) is 14.2 Å². The van der Waals surface area contributed by atoms with Crippen LogP contribution in [-0.4, -0.2) is 83.8 Å². The molecule has 2 aromatic rings. The molecule has 1 saturated heterocycles. The topological polar surface area (TPSA) is 224 Å². The van der Waals surface area contributed by atoms with Crippen molar-refractivity contribution in [3.63, 3.8) is 0 Å². The number of benzene rings is 2. The van der Waals surface area contributed by atoms with Crippen LogP contribution in [0.2, 0.25) is 0 Å². The molecule has 8 N–H and O–H groups in total. The molecular formula is C20H18O13. The van der Waals surface area contributed by atoms with Crippen LogP contribution >= 0.6 is 0 Å². The Labute approximate surface area is 183 Å². The number of rotatable bonds is 3. The number of fused-ring (bicyclic) bond motifs is 3. The minimum atomic E-state index is -1.73. The molecule has 0 unspecified atom stereocenters. The summed E-state index contributed by atoms with van der Waals surface area (Å²) in [7, 11) is 0. The van der Waals surface area contributed by atoms with Crippen LogP contribution < -0.4 is 0 Å². The van der Waals surface area contributed by atoms with Gasteiger partial charge in [0.2, 0.25) is 5.75 Å². The lowest BCUT2D eigenvalue weighted by Crippen LogP contribution is -2.59. The number of carbonyl (C=O) groups is 2. The van der Waals surface area contributed by atoms with Crippen molar-refractivity contribution in [2.75, 3.05) is 6.61 Å². The maximum atomic E-state index is 12.6. The number of ether oxygens (including phenoxy) is 3. The largest absolute Gasteiger partial charge is 0.504 e. The number of phenols is 6. The fraction of sp³-hybridized carbons (Fsp3) is 0.300. The second-order valence-corrected chi connectivity index (χ2v) is 7.43. The average molecular weight is 466 g/mol. The molecule has 0 amide bonds. The van der Waals surface area contributed by atoms with Gasteiger partial charge in [-0.25, -0.2) is 9.59 Å². The summed E-state index contributed by atoms with van der Waals surface area (Å²) in [4.78, 5) is 25.1. The molecular weight excluding hydrogens is 448 g/mol. The Morgan fingerprint density at radius 3 is 2.15 bits per heavy atom. The predicted molar refractivity (Wildman–Crippen MR) is 102 cm³/mol. The molecule has 0 saturated carbocycles. The first-order valence-corrected chi connectivity index (χ1v) is 9.44. The maximum Gasteiger partial charge on any atom is 0.339 e. The molecule has 2 aliphatic rings. The van der Waals surface area contributed by atoms with Crippen molar-refractivity contribution in [2.24, 2.45) is 0 Å². The van der Waals surface area contributed by atoms with Crippen molar-refractivity contribution >= 4 is 11.9 Å². The Morgan fingerprint density at radius 2 is 1.55 bits per heavy atom. The molecule has 0 aromatic heterocycles. The fourth-order valence-electron chi connectivity index (χ4n) is 3.79. The van der Waals surface area contributed by atoms with E-state index in [0.29, 0.717) is 0 Å². The minimum Gasteiger partial charge on any atom is -0.504 e. The number of hydrogen-bond acceptors (Lipinski definition) is 13. The monoisotopic (exact) mass is 466 g/mol. The molecule has 0 aliphatic carbocycles. The van der Waals surface area contributed by atoms with E-state index in [-0.39, 0.29) is 11.1 Å². The number of hydrogen-bond donors (Lipinski definition) is 8. The highest BCUT2D eigenvalue weighted by molar-refractivity contribution is 5.95. The molecule has 5 atom stereocenters. The average Bonchev–Trinajstić information content (AvgIpc) is 2.77. The second-order valence-electron chi connectivity index (χ2n) is 7.43. The maximum absolute atomic E-state index is 12.6. The van der Waals surface area contributed by atoms with Crippen molar-refractivity contribution in [3.05, 3.63) is 34.9 Å². The highest BCUT2D eigenvalue weighted by atomic mass is 16.6. The molecule has 0 spiro atoms. The number of carbonyl (C=O) groups excluding carboxylic acids is 2. The molecule has 1 fully saturated rings. The van der Waals surface area contributed by atoms with E-state index in [1.54, 1.807) is 0 Å². The second kappa shape index (κ2) is 7.88. The van der Waals surface area contributed by atoms with E-state index in [9.17, 15) is 50.4 Å². The van der Waals surface area contributed by atoms with Crippen molar-refractivity contribution < 1.29 is 64.7 Å². The lowest BCUT2D eigenvalue weighted by molar-refractivity contribution is -0.235. The Hall–Kier alpha value is -3.94. The Balaban J connectivity index is 1.74. The van der Waals surface area contributed by atoms with Crippen LogP contribution in [0.5, 0.6) is 34.5 Å². The predicted octanol–water partition coefficient (Wildman–Crippen LogP) is -0.522. The summed E-state index contributed by atoms with van der Waals surface area (Å²) in [6.07, 6.45) is -7.82. The lowest BCUT2D eigenvalue weighted by atomic mass is 9.86. The van der Waals surface area contributed by atoms with E-state index in [1.165, 1.54) is 0 Å². The molecule has 13 nitrogen and oxygen atoms in total. The number of aliphatic hydroxyl groups excluding tert-OH is 2. The highest BCUT2D eigenvalue weighted by Crippen LogP contribution is 2.50. The first-order valence-electron chi connectivity index (χ1n) is 9.44. The summed E-state index contributed by atoms with van der Waals surface area (Å²) in [6.45, 7) is -0.784. The van der Waals surface area contributed by atoms with Gasteiger partial charge in [-0.15, -0.1) is 0 Å². The number of aliphatic hydroxyl groups is 2. The van der Waals surface area contributed by atoms with Crippen molar-refractivity contribution in [3.8, 4) is 34.5 Å². The van der Waals surface area contributed by atoms with Crippen molar-refractivity contribution in [2.45, 2.75) is 30.5 Å². The van der Waals surface area contributed by atoms with Gasteiger partial charge in [-0.3, -0.25) is 0 Å². The van der Waals surface area contributed by atoms with Gasteiger partial charge in [0, 0.05) is 5.56 Å². The van der Waals surface area contributed by atoms with Gasteiger partial charge in [0.1, 0.15) is 18.3 Å². The summed E-state index contributed by atoms with van der Waals surface area (Å²) in [5.74, 6) is -7.56. The zero-order chi connectivity index (χ0) is 24.2. The van der Waals surface area contributed by atoms with E-state index in [4.69, 9.17) is 14.2 Å². The van der Waals surface area contributed by atoms with Gasteiger partial charge in [-0.2, -0.15) is 0 Å². The molecule has 176 valence electrons. The first-order chi connectivity index (χ1) is 15.5. The van der Waals surface area contributed by atoms with Gasteiger partial charge in [0.05, 0.1) is 17.7 Å². The van der Waals surface area contributed by atoms with Crippen molar-refractivity contribution in [1.82, 2.24) is 0 Å². The van der Waals surface area contributed by atoms with Crippen LogP contribution in [0.25, 0.3) is 0 Å². The van der Waals surface area contributed by atoms with Crippen LogP contribution in [0.4, 0.5) is 0 Å². The van der Waals surface area contributed by atoms with Gasteiger partial charge in [-0.1, -0.05) is 0 Å². The van der Waals surface area contributed by atoms with Crippen LogP contribution in [0.3, 0.4) is 0 Å². The van der Waals surface area contributed by atoms with Gasteiger partial charge in [0.15, 0.2) is 41.0 Å². The molecule has 2 aliphatic heterocycles. The highest BCUT2D eigenvalue weighted by Gasteiger charge is 2.54. The molecule has 33 heavy (non-hydrogen) atoms. The van der Waals surface area contributed by atoms with E-state index < -0.39 is 89.1 Å². The first kappa shape index (κ1) is 22.3. The zero-order valence-corrected chi connectivity index (χ0v) is 16.4. The number of phenolic OH excluding ortho intramolecular Hbond substituents is 6. The van der Waals surface area contributed by atoms with E-state index in [2.05, 4.69) is 0 Å². The number of esters is 2. The Morgan fingerprint density at radius 1 is 0.939 bits per heavy atom. The normalized spacial score (nSPS) is 26.1. The minimum absolute atomic E-state index is 0.321. The lowest BCUT2D eigenvalue weighted by Gasteiger charge is -2.45.